The summed E-state index contributed by atoms with van der Waals surface area (Å²) in [6, 6.07) is 17.8. The number of nitrogens with one attached hydrogen (secondary N) is 1. The third-order valence-corrected chi connectivity index (χ3v) is 4.82. The summed E-state index contributed by atoms with van der Waals surface area (Å²) < 4.78 is 22.0. The van der Waals surface area contributed by atoms with E-state index in [0.717, 1.165) is 11.1 Å². The van der Waals surface area contributed by atoms with E-state index in [1.807, 2.05) is 37.3 Å². The van der Waals surface area contributed by atoms with Crippen molar-refractivity contribution in [1.82, 2.24) is 5.43 Å². The molecule has 0 heterocycles. The number of benzene rings is 3. The molecule has 0 fully saturated rings. The van der Waals surface area contributed by atoms with E-state index in [4.69, 9.17) is 30.5 Å². The van der Waals surface area contributed by atoms with Gasteiger partial charge in [-0.25, -0.2) is 5.43 Å². The van der Waals surface area contributed by atoms with Crippen molar-refractivity contribution in [1.29, 1.82) is 0 Å². The highest BCUT2D eigenvalue weighted by atomic mass is 35.5. The fourth-order valence-corrected chi connectivity index (χ4v) is 3.03. The van der Waals surface area contributed by atoms with Crippen LogP contribution in [0.1, 0.15) is 28.4 Å². The Labute approximate surface area is 197 Å². The van der Waals surface area contributed by atoms with E-state index in [2.05, 4.69) is 10.5 Å². The monoisotopic (exact) mass is 468 g/mol. The van der Waals surface area contributed by atoms with Gasteiger partial charge < -0.3 is 18.9 Å². The van der Waals surface area contributed by atoms with Gasteiger partial charge in [-0.05, 0) is 60.5 Å². The second kappa shape index (κ2) is 11.8. The number of carbonyl (C=O) groups is 1. The van der Waals surface area contributed by atoms with Crippen molar-refractivity contribution >= 4 is 23.7 Å². The highest BCUT2D eigenvalue weighted by Gasteiger charge is 2.10. The predicted molar refractivity (Wildman–Crippen MR) is 128 cm³/mol. The molecule has 0 saturated heterocycles. The standard InChI is InChI=1S/C25H25ClN2O5/c1-4-32-24-11-18(7-10-23(24)33-16-17-5-8-20(26)9-6-17)15-27-28-25(29)19-12-21(30-2)14-22(13-19)31-3/h5-15H,4,16H2,1-3H3,(H,28,29). The number of rotatable bonds is 10. The molecule has 8 heteroatoms. The van der Waals surface area contributed by atoms with Gasteiger partial charge in [0.2, 0.25) is 0 Å². The molecule has 3 rings (SSSR count). The smallest absolute Gasteiger partial charge is 0.271 e. The molecule has 3 aromatic carbocycles. The molecule has 172 valence electrons. The molecule has 0 aliphatic carbocycles. The topological polar surface area (TPSA) is 78.4 Å². The molecular weight excluding hydrogens is 444 g/mol. The van der Waals surface area contributed by atoms with E-state index in [1.165, 1.54) is 20.4 Å². The second-order valence-electron chi connectivity index (χ2n) is 6.85. The Balaban J connectivity index is 1.67. The third kappa shape index (κ3) is 6.89. The molecule has 0 radical (unpaired) electrons. The molecule has 0 spiro atoms. The Morgan fingerprint density at radius 3 is 2.27 bits per heavy atom. The van der Waals surface area contributed by atoms with Crippen molar-refractivity contribution < 1.29 is 23.7 Å². The van der Waals surface area contributed by atoms with E-state index >= 15 is 0 Å². The van der Waals surface area contributed by atoms with Crippen molar-refractivity contribution in [2.24, 2.45) is 5.10 Å². The first-order valence-corrected chi connectivity index (χ1v) is 10.6. The zero-order valence-corrected chi connectivity index (χ0v) is 19.4. The first kappa shape index (κ1) is 23.9. The van der Waals surface area contributed by atoms with Crippen molar-refractivity contribution in [3.8, 4) is 23.0 Å². The van der Waals surface area contributed by atoms with Gasteiger partial charge in [-0.1, -0.05) is 23.7 Å². The molecule has 0 atom stereocenters. The average Bonchev–Trinajstić information content (AvgIpc) is 2.84. The number of halogens is 1. The molecule has 0 aliphatic rings. The maximum Gasteiger partial charge on any atom is 0.271 e. The zero-order valence-electron chi connectivity index (χ0n) is 18.6. The molecule has 0 aliphatic heterocycles. The Morgan fingerprint density at radius 2 is 1.64 bits per heavy atom. The number of methoxy groups -OCH3 is 2. The molecular formula is C25H25ClN2O5. The van der Waals surface area contributed by atoms with Gasteiger partial charge in [0.05, 0.1) is 27.0 Å². The highest BCUT2D eigenvalue weighted by molar-refractivity contribution is 6.30. The van der Waals surface area contributed by atoms with Crippen LogP contribution in [0, 0.1) is 0 Å². The lowest BCUT2D eigenvalue weighted by atomic mass is 10.2. The minimum absolute atomic E-state index is 0.365. The normalized spacial score (nSPS) is 10.7. The number of amides is 1. The predicted octanol–water partition coefficient (Wildman–Crippen LogP) is 5.10. The maximum atomic E-state index is 12.4. The van der Waals surface area contributed by atoms with Gasteiger partial charge in [0, 0.05) is 16.7 Å². The number of carbonyl (C=O) groups excluding carboxylic acids is 1. The molecule has 3 aromatic rings. The first-order chi connectivity index (χ1) is 16.0. The van der Waals surface area contributed by atoms with Crippen LogP contribution in [-0.4, -0.2) is 32.9 Å². The van der Waals surface area contributed by atoms with E-state index in [0.29, 0.717) is 46.8 Å². The maximum absolute atomic E-state index is 12.4. The number of hydrogen-bond acceptors (Lipinski definition) is 6. The summed E-state index contributed by atoms with van der Waals surface area (Å²) >= 11 is 5.93. The number of ether oxygens (including phenoxy) is 4. The molecule has 0 saturated carbocycles. The largest absolute Gasteiger partial charge is 0.497 e. The molecule has 7 nitrogen and oxygen atoms in total. The fraction of sp³-hybridized carbons (Fsp3) is 0.200. The van der Waals surface area contributed by atoms with Gasteiger partial charge in [0.15, 0.2) is 11.5 Å². The van der Waals surface area contributed by atoms with Crippen LogP contribution < -0.4 is 24.4 Å². The summed E-state index contributed by atoms with van der Waals surface area (Å²) in [4.78, 5) is 12.4. The van der Waals surface area contributed by atoms with Crippen LogP contribution in [0.4, 0.5) is 0 Å². The SMILES string of the molecule is CCOc1cc(C=NNC(=O)c2cc(OC)cc(OC)c2)ccc1OCc1ccc(Cl)cc1. The van der Waals surface area contributed by atoms with Crippen LogP contribution in [0.5, 0.6) is 23.0 Å². The van der Waals surface area contributed by atoms with E-state index in [1.54, 1.807) is 30.3 Å². The number of hydrogen-bond donors (Lipinski definition) is 1. The van der Waals surface area contributed by atoms with Gasteiger partial charge in [-0.3, -0.25) is 4.79 Å². The van der Waals surface area contributed by atoms with Crippen molar-refractivity contribution in [2.45, 2.75) is 13.5 Å². The molecule has 0 bridgehead atoms. The van der Waals surface area contributed by atoms with Gasteiger partial charge in [-0.15, -0.1) is 0 Å². The summed E-state index contributed by atoms with van der Waals surface area (Å²) in [6.45, 7) is 2.75. The number of hydrazone groups is 1. The van der Waals surface area contributed by atoms with Crippen LogP contribution in [0.25, 0.3) is 0 Å². The van der Waals surface area contributed by atoms with E-state index < -0.39 is 5.91 Å². The van der Waals surface area contributed by atoms with Gasteiger partial charge >= 0.3 is 0 Å². The minimum atomic E-state index is -0.392. The van der Waals surface area contributed by atoms with Crippen LogP contribution in [0.3, 0.4) is 0 Å². The highest BCUT2D eigenvalue weighted by Crippen LogP contribution is 2.29. The number of nitrogens with zero attached hydrogens (tertiary/aromatic N) is 1. The van der Waals surface area contributed by atoms with Crippen LogP contribution in [0.15, 0.2) is 65.8 Å². The van der Waals surface area contributed by atoms with Gasteiger partial charge in [-0.2, -0.15) is 5.10 Å². The summed E-state index contributed by atoms with van der Waals surface area (Å²) in [5, 5.41) is 4.72. The fourth-order valence-electron chi connectivity index (χ4n) is 2.90. The van der Waals surface area contributed by atoms with Crippen LogP contribution in [-0.2, 0) is 6.61 Å². The Hall–Kier alpha value is -3.71. The van der Waals surface area contributed by atoms with Crippen LogP contribution in [0.2, 0.25) is 5.02 Å². The van der Waals surface area contributed by atoms with Gasteiger partial charge in [0.25, 0.3) is 5.91 Å². The average molecular weight is 469 g/mol. The lowest BCUT2D eigenvalue weighted by Gasteiger charge is -2.12. The molecule has 33 heavy (non-hydrogen) atoms. The molecule has 0 unspecified atom stereocenters. The second-order valence-corrected chi connectivity index (χ2v) is 7.29. The van der Waals surface area contributed by atoms with Crippen molar-refractivity contribution in [3.63, 3.8) is 0 Å². The van der Waals surface area contributed by atoms with Crippen molar-refractivity contribution in [2.75, 3.05) is 20.8 Å². The summed E-state index contributed by atoms with van der Waals surface area (Å²) in [5.74, 6) is 1.82. The Morgan fingerprint density at radius 1 is 0.939 bits per heavy atom. The zero-order chi connectivity index (χ0) is 23.6. The Kier molecular flexibility index (Phi) is 8.55. The van der Waals surface area contributed by atoms with E-state index in [9.17, 15) is 4.79 Å². The third-order valence-electron chi connectivity index (χ3n) is 4.57. The molecule has 1 N–H and O–H groups in total. The lowest BCUT2D eigenvalue weighted by Crippen LogP contribution is -2.17. The van der Waals surface area contributed by atoms with E-state index in [-0.39, 0.29) is 0 Å². The summed E-state index contributed by atoms with van der Waals surface area (Å²) in [6.07, 6.45) is 1.53. The molecule has 0 aromatic heterocycles. The quantitative estimate of drug-likeness (QED) is 0.331. The summed E-state index contributed by atoms with van der Waals surface area (Å²) in [7, 11) is 3.04. The van der Waals surface area contributed by atoms with Gasteiger partial charge in [0.1, 0.15) is 18.1 Å². The van der Waals surface area contributed by atoms with Crippen molar-refractivity contribution in [3.05, 3.63) is 82.4 Å². The first-order valence-electron chi connectivity index (χ1n) is 10.2. The van der Waals surface area contributed by atoms with Crippen LogP contribution >= 0.6 is 11.6 Å². The molecule has 1 amide bonds. The summed E-state index contributed by atoms with van der Waals surface area (Å²) in [5.41, 5.74) is 4.60. The lowest BCUT2D eigenvalue weighted by molar-refractivity contribution is 0.0954. The minimum Gasteiger partial charge on any atom is -0.497 e. The Bertz CT molecular complexity index is 1090.